The number of alkyl carbamates (subject to hydrolysis) is 1. The van der Waals surface area contributed by atoms with E-state index >= 15 is 4.39 Å². The number of aromatic amines is 1. The van der Waals surface area contributed by atoms with Crippen molar-refractivity contribution in [2.24, 2.45) is 5.92 Å². The van der Waals surface area contributed by atoms with E-state index in [-0.39, 0.29) is 12.1 Å². The lowest BCUT2D eigenvalue weighted by Gasteiger charge is -2.61. The molecular weight excluding hydrogens is 469 g/mol. The summed E-state index contributed by atoms with van der Waals surface area (Å²) in [5, 5.41) is 13.3. The van der Waals surface area contributed by atoms with Crippen LogP contribution < -0.4 is 10.6 Å². The fraction of sp³-hybridized carbons (Fsp3) is 0.524. The number of halogens is 2. The lowest BCUT2D eigenvalue weighted by molar-refractivity contribution is -0.0528. The number of carbonyl (C=O) groups excluding carboxylic acids is 1. The number of amides is 1. The Morgan fingerprint density at radius 2 is 2.26 bits per heavy atom. The molecule has 4 fully saturated rings. The molecule has 3 atom stereocenters. The predicted molar refractivity (Wildman–Crippen MR) is 118 cm³/mol. The van der Waals surface area contributed by atoms with Gasteiger partial charge < -0.3 is 24.8 Å². The number of carbonyl (C=O) groups is 1. The van der Waals surface area contributed by atoms with E-state index in [1.165, 1.54) is 6.20 Å². The summed E-state index contributed by atoms with van der Waals surface area (Å²) in [6.45, 7) is 0.289. The Morgan fingerprint density at radius 3 is 3.00 bits per heavy atom. The van der Waals surface area contributed by atoms with Crippen molar-refractivity contribution in [1.82, 2.24) is 29.9 Å². The molecule has 4 heterocycles. The van der Waals surface area contributed by atoms with E-state index in [9.17, 15) is 4.79 Å². The Kier molecular flexibility index (Phi) is 5.12. The molecule has 3 aromatic heterocycles. The molecule has 1 amide bonds. The van der Waals surface area contributed by atoms with Crippen LogP contribution in [0.4, 0.5) is 21.0 Å². The Hall–Kier alpha value is -2.96. The van der Waals surface area contributed by atoms with Crippen molar-refractivity contribution in [3.05, 3.63) is 34.9 Å². The van der Waals surface area contributed by atoms with Gasteiger partial charge >= 0.3 is 6.09 Å². The van der Waals surface area contributed by atoms with Gasteiger partial charge in [0.05, 0.1) is 30.8 Å². The fourth-order valence-corrected chi connectivity index (χ4v) is 5.10. The Labute approximate surface area is 198 Å². The highest BCUT2D eigenvalue weighted by molar-refractivity contribution is 6.33. The molecule has 0 aromatic carbocycles. The van der Waals surface area contributed by atoms with E-state index in [1.54, 1.807) is 23.8 Å². The van der Waals surface area contributed by atoms with Crippen LogP contribution in [0, 0.1) is 5.92 Å². The van der Waals surface area contributed by atoms with Crippen LogP contribution >= 0.6 is 11.6 Å². The molecule has 2 bridgehead atoms. The highest BCUT2D eigenvalue weighted by Crippen LogP contribution is 2.57. The molecule has 180 valence electrons. The maximum absolute atomic E-state index is 15.1. The van der Waals surface area contributed by atoms with Crippen LogP contribution in [0.1, 0.15) is 36.8 Å². The van der Waals surface area contributed by atoms with Gasteiger partial charge in [-0.25, -0.2) is 19.2 Å². The monoisotopic (exact) mass is 491 g/mol. The molecular formula is C21H23ClFN7O4. The standard InChI is InChI=1S/C21H23ClFN7O4/c1-32-8-11-7-30-18(25-11)12(22)6-24-19(30)26-15-2-13(28-29-15)17-16(23)14(9-33-17)34-20(31)27-21-3-10(4-21)5-21/h2,6-7,10,14,16-17H,3-5,8-9H2,1H3,(H,27,31)(H2,24,26,28,29)/t10?,14-,16+,17-,21?/m1/s1. The van der Waals surface area contributed by atoms with Crippen LogP contribution in [-0.4, -0.2) is 62.2 Å². The largest absolute Gasteiger partial charge is 0.441 e. The number of methoxy groups -OCH3 is 1. The predicted octanol–water partition coefficient (Wildman–Crippen LogP) is 3.05. The number of nitrogens with zero attached hydrogens (tertiary/aromatic N) is 4. The zero-order valence-electron chi connectivity index (χ0n) is 18.3. The number of alkyl halides is 1. The number of imidazole rings is 1. The first-order valence-corrected chi connectivity index (χ1v) is 11.4. The van der Waals surface area contributed by atoms with Gasteiger partial charge in [0.15, 0.2) is 23.7 Å². The minimum absolute atomic E-state index is 0.0344. The SMILES string of the molecule is COCc1cn2c(Nc3cc([C@H]4OC[C@@H](OC(=O)NC56CC(C5)C6)[C@@H]4F)[nH]n3)ncc(Cl)c2n1. The summed E-state index contributed by atoms with van der Waals surface area (Å²) in [5.41, 5.74) is 1.49. The average Bonchev–Trinajstić information content (AvgIpc) is 3.47. The molecule has 13 heteroatoms. The van der Waals surface area contributed by atoms with E-state index in [1.807, 2.05) is 0 Å². The Bertz CT molecular complexity index is 1230. The third kappa shape index (κ3) is 3.65. The number of fused-ring (bicyclic) bond motifs is 1. The van der Waals surface area contributed by atoms with Gasteiger partial charge in [-0.05, 0) is 25.2 Å². The molecule has 1 aliphatic heterocycles. The van der Waals surface area contributed by atoms with Crippen LogP contribution in [0.5, 0.6) is 0 Å². The fourth-order valence-electron chi connectivity index (χ4n) is 4.92. The molecule has 7 rings (SSSR count). The molecule has 3 aromatic rings. The molecule has 3 saturated carbocycles. The van der Waals surface area contributed by atoms with Gasteiger partial charge in [0, 0.05) is 24.9 Å². The molecule has 11 nitrogen and oxygen atoms in total. The second-order valence-corrected chi connectivity index (χ2v) is 9.56. The van der Waals surface area contributed by atoms with Gasteiger partial charge in [0.2, 0.25) is 5.95 Å². The number of H-pyrrole nitrogens is 1. The zero-order chi connectivity index (χ0) is 23.4. The summed E-state index contributed by atoms with van der Waals surface area (Å²) in [6.07, 6.45) is 2.14. The van der Waals surface area contributed by atoms with Crippen molar-refractivity contribution < 1.29 is 23.4 Å². The van der Waals surface area contributed by atoms with Crippen molar-refractivity contribution in [2.45, 2.75) is 49.8 Å². The van der Waals surface area contributed by atoms with Crippen molar-refractivity contribution in [3.63, 3.8) is 0 Å². The summed E-state index contributed by atoms with van der Waals surface area (Å²) < 4.78 is 32.8. The first kappa shape index (κ1) is 21.6. The van der Waals surface area contributed by atoms with Gasteiger partial charge in [-0.2, -0.15) is 5.10 Å². The van der Waals surface area contributed by atoms with E-state index in [0.29, 0.717) is 40.4 Å². The number of rotatable bonds is 7. The van der Waals surface area contributed by atoms with Gasteiger partial charge in [0.25, 0.3) is 0 Å². The van der Waals surface area contributed by atoms with Crippen molar-refractivity contribution >= 4 is 35.1 Å². The lowest BCUT2D eigenvalue weighted by atomic mass is 9.50. The maximum atomic E-state index is 15.1. The topological polar surface area (TPSA) is 128 Å². The quantitative estimate of drug-likeness (QED) is 0.460. The Balaban J connectivity index is 1.12. The van der Waals surface area contributed by atoms with Gasteiger partial charge in [0.1, 0.15) is 11.1 Å². The third-order valence-electron chi connectivity index (χ3n) is 6.68. The second kappa shape index (κ2) is 8.07. The van der Waals surface area contributed by atoms with Crippen molar-refractivity contribution in [3.8, 4) is 0 Å². The average molecular weight is 492 g/mol. The molecule has 0 radical (unpaired) electrons. The molecule has 4 aliphatic rings. The van der Waals surface area contributed by atoms with Crippen LogP contribution in [-0.2, 0) is 20.8 Å². The first-order chi connectivity index (χ1) is 16.4. The summed E-state index contributed by atoms with van der Waals surface area (Å²) in [6, 6.07) is 1.62. The minimum Gasteiger partial charge on any atom is -0.441 e. The normalized spacial score (nSPS) is 29.5. The highest BCUT2D eigenvalue weighted by atomic mass is 35.5. The molecule has 1 saturated heterocycles. The van der Waals surface area contributed by atoms with Crippen LogP contribution in [0.3, 0.4) is 0 Å². The molecule has 0 spiro atoms. The van der Waals surface area contributed by atoms with Gasteiger partial charge in [-0.3, -0.25) is 9.50 Å². The number of anilines is 2. The number of hydrogen-bond donors (Lipinski definition) is 3. The summed E-state index contributed by atoms with van der Waals surface area (Å²) in [7, 11) is 1.58. The molecule has 3 N–H and O–H groups in total. The van der Waals surface area contributed by atoms with Crippen LogP contribution in [0.15, 0.2) is 18.5 Å². The summed E-state index contributed by atoms with van der Waals surface area (Å²) >= 11 is 6.22. The van der Waals surface area contributed by atoms with Gasteiger partial charge in [-0.15, -0.1) is 0 Å². The van der Waals surface area contributed by atoms with E-state index < -0.39 is 24.5 Å². The summed E-state index contributed by atoms with van der Waals surface area (Å²) in [4.78, 5) is 20.9. The highest BCUT2D eigenvalue weighted by Gasteiger charge is 2.58. The molecule has 0 unspecified atom stereocenters. The van der Waals surface area contributed by atoms with Gasteiger partial charge in [-0.1, -0.05) is 11.6 Å². The molecule has 34 heavy (non-hydrogen) atoms. The minimum atomic E-state index is -1.53. The number of hydrogen-bond acceptors (Lipinski definition) is 8. The Morgan fingerprint density at radius 1 is 1.44 bits per heavy atom. The number of aromatic nitrogens is 5. The van der Waals surface area contributed by atoms with Crippen molar-refractivity contribution in [2.75, 3.05) is 19.0 Å². The zero-order valence-corrected chi connectivity index (χ0v) is 19.0. The second-order valence-electron chi connectivity index (χ2n) is 9.15. The van der Waals surface area contributed by atoms with E-state index in [4.69, 9.17) is 25.8 Å². The molecule has 3 aliphatic carbocycles. The van der Waals surface area contributed by atoms with Crippen LogP contribution in [0.2, 0.25) is 5.02 Å². The first-order valence-electron chi connectivity index (χ1n) is 11.0. The van der Waals surface area contributed by atoms with Crippen molar-refractivity contribution in [1.29, 1.82) is 0 Å². The van der Waals surface area contributed by atoms with E-state index in [2.05, 4.69) is 30.8 Å². The van der Waals surface area contributed by atoms with E-state index in [0.717, 1.165) is 25.2 Å². The third-order valence-corrected chi connectivity index (χ3v) is 6.95. The smallest absolute Gasteiger partial charge is 0.408 e. The summed E-state index contributed by atoms with van der Waals surface area (Å²) in [5.74, 6) is 1.54. The maximum Gasteiger partial charge on any atom is 0.408 e. The number of nitrogens with one attached hydrogen (secondary N) is 3. The van der Waals surface area contributed by atoms with Crippen LogP contribution in [0.25, 0.3) is 5.65 Å². The lowest BCUT2D eigenvalue weighted by Crippen LogP contribution is -2.68. The number of ether oxygens (including phenoxy) is 3.